The minimum Gasteiger partial charge on any atom is -0.395 e. The average molecular weight is 282 g/mol. The van der Waals surface area contributed by atoms with Crippen LogP contribution in [0.15, 0.2) is 0 Å². The molecule has 1 aromatic rings. The second kappa shape index (κ2) is 7.89. The topological polar surface area (TPSA) is 84.2 Å². The SMILES string of the molecule is CCCc1[nH]nc(C(=O)N(CCOC)CC(C)C)c1N. The largest absolute Gasteiger partial charge is 0.395 e. The molecule has 1 amide bonds. The number of aromatic amines is 1. The number of nitrogens with one attached hydrogen (secondary N) is 1. The molecule has 6 nitrogen and oxygen atoms in total. The summed E-state index contributed by atoms with van der Waals surface area (Å²) in [4.78, 5) is 14.3. The van der Waals surface area contributed by atoms with Crippen molar-refractivity contribution in [2.24, 2.45) is 5.92 Å². The average Bonchev–Trinajstić information content (AvgIpc) is 2.75. The van der Waals surface area contributed by atoms with Crippen LogP contribution < -0.4 is 5.73 Å². The van der Waals surface area contributed by atoms with Crippen LogP contribution in [-0.2, 0) is 11.2 Å². The second-order valence-corrected chi connectivity index (χ2v) is 5.35. The number of nitrogens with zero attached hydrogens (tertiary/aromatic N) is 2. The quantitative estimate of drug-likeness (QED) is 0.760. The summed E-state index contributed by atoms with van der Waals surface area (Å²) >= 11 is 0. The van der Waals surface area contributed by atoms with Gasteiger partial charge in [0.1, 0.15) is 0 Å². The van der Waals surface area contributed by atoms with E-state index in [-0.39, 0.29) is 5.91 Å². The minimum atomic E-state index is -0.133. The summed E-state index contributed by atoms with van der Waals surface area (Å²) in [5.74, 6) is 0.248. The van der Waals surface area contributed by atoms with Crippen LogP contribution in [0.2, 0.25) is 0 Å². The number of aromatic nitrogens is 2. The number of methoxy groups -OCH3 is 1. The van der Waals surface area contributed by atoms with Crippen molar-refractivity contribution in [2.45, 2.75) is 33.6 Å². The van der Waals surface area contributed by atoms with Crippen LogP contribution >= 0.6 is 0 Å². The van der Waals surface area contributed by atoms with Crippen molar-refractivity contribution >= 4 is 11.6 Å². The first-order valence-electron chi connectivity index (χ1n) is 7.12. The number of amides is 1. The molecule has 0 aliphatic heterocycles. The Bertz CT molecular complexity index is 429. The number of hydrogen-bond donors (Lipinski definition) is 2. The number of nitrogens with two attached hydrogens (primary N) is 1. The zero-order chi connectivity index (χ0) is 15.1. The highest BCUT2D eigenvalue weighted by Crippen LogP contribution is 2.18. The van der Waals surface area contributed by atoms with Crippen LogP contribution in [0.25, 0.3) is 0 Å². The molecule has 1 rings (SSSR count). The Kier molecular flexibility index (Phi) is 6.51. The maximum Gasteiger partial charge on any atom is 0.276 e. The lowest BCUT2D eigenvalue weighted by Gasteiger charge is -2.23. The third-order valence-corrected chi connectivity index (χ3v) is 3.02. The van der Waals surface area contributed by atoms with E-state index in [1.165, 1.54) is 0 Å². The molecule has 6 heteroatoms. The number of carbonyl (C=O) groups excluding carboxylic acids is 1. The molecule has 1 aromatic heterocycles. The molecular formula is C14H26N4O2. The van der Waals surface area contributed by atoms with Gasteiger partial charge >= 0.3 is 0 Å². The number of hydrogen-bond acceptors (Lipinski definition) is 4. The number of carbonyl (C=O) groups is 1. The standard InChI is InChI=1S/C14H26N4O2/c1-5-6-11-12(15)13(17-16-11)14(19)18(7-8-20-4)9-10(2)3/h10H,5-9,15H2,1-4H3,(H,16,17). The van der Waals surface area contributed by atoms with Crippen molar-refractivity contribution in [1.82, 2.24) is 15.1 Å². The van der Waals surface area contributed by atoms with E-state index in [2.05, 4.69) is 31.0 Å². The lowest BCUT2D eigenvalue weighted by Crippen LogP contribution is -2.37. The molecule has 0 saturated heterocycles. The van der Waals surface area contributed by atoms with Gasteiger partial charge in [-0.3, -0.25) is 9.89 Å². The van der Waals surface area contributed by atoms with Gasteiger partial charge in [0.05, 0.1) is 18.0 Å². The van der Waals surface area contributed by atoms with E-state index >= 15 is 0 Å². The van der Waals surface area contributed by atoms with E-state index in [9.17, 15) is 4.79 Å². The highest BCUT2D eigenvalue weighted by atomic mass is 16.5. The molecule has 1 heterocycles. The Morgan fingerprint density at radius 1 is 1.50 bits per heavy atom. The van der Waals surface area contributed by atoms with Gasteiger partial charge in [0.25, 0.3) is 5.91 Å². The molecule has 20 heavy (non-hydrogen) atoms. The van der Waals surface area contributed by atoms with E-state index in [0.29, 0.717) is 37.0 Å². The summed E-state index contributed by atoms with van der Waals surface area (Å²) in [5, 5.41) is 6.95. The van der Waals surface area contributed by atoms with Crippen molar-refractivity contribution < 1.29 is 9.53 Å². The number of ether oxygens (including phenoxy) is 1. The first-order valence-corrected chi connectivity index (χ1v) is 7.12. The van der Waals surface area contributed by atoms with Gasteiger partial charge in [0.2, 0.25) is 0 Å². The van der Waals surface area contributed by atoms with Gasteiger partial charge in [0.15, 0.2) is 5.69 Å². The molecular weight excluding hydrogens is 256 g/mol. The second-order valence-electron chi connectivity index (χ2n) is 5.35. The summed E-state index contributed by atoms with van der Waals surface area (Å²) in [7, 11) is 1.63. The molecule has 0 aliphatic rings. The van der Waals surface area contributed by atoms with Gasteiger partial charge in [-0.25, -0.2) is 0 Å². The Morgan fingerprint density at radius 2 is 2.20 bits per heavy atom. The Hall–Kier alpha value is -1.56. The van der Waals surface area contributed by atoms with Gasteiger partial charge in [0, 0.05) is 20.2 Å². The number of rotatable bonds is 8. The molecule has 0 aliphatic carbocycles. The van der Waals surface area contributed by atoms with Crippen molar-refractivity contribution in [2.75, 3.05) is 32.5 Å². The Balaban J connectivity index is 2.87. The molecule has 0 aromatic carbocycles. The predicted octanol–water partition coefficient (Wildman–Crippen LogP) is 1.69. The zero-order valence-corrected chi connectivity index (χ0v) is 12.9. The monoisotopic (exact) mass is 282 g/mol. The minimum absolute atomic E-state index is 0.133. The maximum absolute atomic E-state index is 12.5. The van der Waals surface area contributed by atoms with Gasteiger partial charge in [-0.2, -0.15) is 5.10 Å². The molecule has 114 valence electrons. The van der Waals surface area contributed by atoms with Gasteiger partial charge < -0.3 is 15.4 Å². The number of nitrogen functional groups attached to an aromatic ring is 1. The van der Waals surface area contributed by atoms with E-state index in [0.717, 1.165) is 18.5 Å². The van der Waals surface area contributed by atoms with Crippen LogP contribution in [0.5, 0.6) is 0 Å². The van der Waals surface area contributed by atoms with Crippen molar-refractivity contribution in [3.05, 3.63) is 11.4 Å². The summed E-state index contributed by atoms with van der Waals surface area (Å²) < 4.78 is 5.06. The van der Waals surface area contributed by atoms with Gasteiger partial charge in [-0.15, -0.1) is 0 Å². The fourth-order valence-corrected chi connectivity index (χ4v) is 2.06. The first kappa shape index (κ1) is 16.5. The van der Waals surface area contributed by atoms with Crippen molar-refractivity contribution in [3.63, 3.8) is 0 Å². The van der Waals surface area contributed by atoms with Gasteiger partial charge in [-0.1, -0.05) is 27.2 Å². The molecule has 0 fully saturated rings. The number of anilines is 1. The Morgan fingerprint density at radius 3 is 2.75 bits per heavy atom. The normalized spacial score (nSPS) is 11.1. The van der Waals surface area contributed by atoms with Crippen LogP contribution in [-0.4, -0.2) is 47.8 Å². The summed E-state index contributed by atoms with van der Waals surface area (Å²) in [5.41, 5.74) is 7.65. The van der Waals surface area contributed by atoms with E-state index in [1.807, 2.05) is 0 Å². The zero-order valence-electron chi connectivity index (χ0n) is 12.9. The molecule has 0 radical (unpaired) electrons. The van der Waals surface area contributed by atoms with E-state index < -0.39 is 0 Å². The summed E-state index contributed by atoms with van der Waals surface area (Å²) in [6, 6.07) is 0. The molecule has 0 atom stereocenters. The molecule has 0 saturated carbocycles. The molecule has 0 unspecified atom stereocenters. The lowest BCUT2D eigenvalue weighted by atomic mass is 10.1. The highest BCUT2D eigenvalue weighted by Gasteiger charge is 2.23. The van der Waals surface area contributed by atoms with Gasteiger partial charge in [-0.05, 0) is 12.3 Å². The van der Waals surface area contributed by atoms with Crippen molar-refractivity contribution in [3.8, 4) is 0 Å². The predicted molar refractivity (Wildman–Crippen MR) is 79.6 cm³/mol. The van der Waals surface area contributed by atoms with Crippen LogP contribution in [0.1, 0.15) is 43.4 Å². The summed E-state index contributed by atoms with van der Waals surface area (Å²) in [6.07, 6.45) is 1.76. The fourth-order valence-electron chi connectivity index (χ4n) is 2.06. The molecule has 3 N–H and O–H groups in total. The number of aryl methyl sites for hydroxylation is 1. The third kappa shape index (κ3) is 4.23. The Labute approximate surface area is 120 Å². The smallest absolute Gasteiger partial charge is 0.276 e. The lowest BCUT2D eigenvalue weighted by molar-refractivity contribution is 0.0667. The maximum atomic E-state index is 12.5. The van der Waals surface area contributed by atoms with Crippen LogP contribution in [0.4, 0.5) is 5.69 Å². The molecule has 0 spiro atoms. The van der Waals surface area contributed by atoms with E-state index in [1.54, 1.807) is 12.0 Å². The van der Waals surface area contributed by atoms with Crippen molar-refractivity contribution in [1.29, 1.82) is 0 Å². The number of H-pyrrole nitrogens is 1. The first-order chi connectivity index (χ1) is 9.51. The molecule has 0 bridgehead atoms. The summed E-state index contributed by atoms with van der Waals surface area (Å²) in [6.45, 7) is 7.92. The van der Waals surface area contributed by atoms with Crippen LogP contribution in [0, 0.1) is 5.92 Å². The van der Waals surface area contributed by atoms with Crippen LogP contribution in [0.3, 0.4) is 0 Å². The third-order valence-electron chi connectivity index (χ3n) is 3.02. The highest BCUT2D eigenvalue weighted by molar-refractivity contribution is 5.97. The van der Waals surface area contributed by atoms with E-state index in [4.69, 9.17) is 10.5 Å². The fraction of sp³-hybridized carbons (Fsp3) is 0.714.